The molecule has 0 aliphatic carbocycles. The zero-order valence-electron chi connectivity index (χ0n) is 19.2. The van der Waals surface area contributed by atoms with Crippen LogP contribution in [0.4, 0.5) is 15.8 Å². The minimum absolute atomic E-state index is 0.156. The Morgan fingerprint density at radius 3 is 2.34 bits per heavy atom. The van der Waals surface area contributed by atoms with Crippen LogP contribution in [0.15, 0.2) is 48.5 Å². The molecular weight excluding hydrogens is 475 g/mol. The van der Waals surface area contributed by atoms with E-state index in [-0.39, 0.29) is 37.1 Å². The van der Waals surface area contributed by atoms with Crippen molar-refractivity contribution in [3.8, 4) is 0 Å². The third-order valence-electron chi connectivity index (χ3n) is 5.19. The first-order chi connectivity index (χ1) is 16.7. The first kappa shape index (κ1) is 25.8. The highest BCUT2D eigenvalue weighted by molar-refractivity contribution is 7.80. The lowest BCUT2D eigenvalue weighted by Gasteiger charge is -2.24. The molecule has 1 fully saturated rings. The quantitative estimate of drug-likeness (QED) is 0.402. The van der Waals surface area contributed by atoms with Gasteiger partial charge in [0.1, 0.15) is 11.9 Å². The number of esters is 1. The lowest BCUT2D eigenvalue weighted by molar-refractivity contribution is -0.124. The van der Waals surface area contributed by atoms with Gasteiger partial charge in [0.2, 0.25) is 11.8 Å². The van der Waals surface area contributed by atoms with Crippen LogP contribution in [0.1, 0.15) is 30.6 Å². The first-order valence-electron chi connectivity index (χ1n) is 10.9. The summed E-state index contributed by atoms with van der Waals surface area (Å²) in [5.41, 5.74) is 1.17. The Balaban J connectivity index is 1.74. The highest BCUT2D eigenvalue weighted by Gasteiger charge is 2.43. The van der Waals surface area contributed by atoms with E-state index >= 15 is 0 Å². The van der Waals surface area contributed by atoms with Crippen LogP contribution in [0.25, 0.3) is 0 Å². The molecule has 11 heteroatoms. The summed E-state index contributed by atoms with van der Waals surface area (Å²) >= 11 is 5.50. The first-order valence-corrected chi connectivity index (χ1v) is 11.3. The number of halogens is 1. The van der Waals surface area contributed by atoms with E-state index in [9.17, 15) is 23.6 Å². The van der Waals surface area contributed by atoms with Gasteiger partial charge in [-0.15, -0.1) is 0 Å². The van der Waals surface area contributed by atoms with Gasteiger partial charge in [-0.3, -0.25) is 19.3 Å². The Morgan fingerprint density at radius 1 is 1.09 bits per heavy atom. The third kappa shape index (κ3) is 6.38. The highest BCUT2D eigenvalue weighted by atomic mass is 32.1. The van der Waals surface area contributed by atoms with Crippen molar-refractivity contribution < 1.29 is 28.3 Å². The van der Waals surface area contributed by atoms with E-state index in [0.717, 1.165) is 0 Å². The summed E-state index contributed by atoms with van der Waals surface area (Å²) in [5, 5.41) is 5.51. The molecule has 1 aliphatic heterocycles. The van der Waals surface area contributed by atoms with E-state index < -0.39 is 29.6 Å². The largest absolute Gasteiger partial charge is 0.462 e. The molecule has 0 radical (unpaired) electrons. The molecule has 184 valence electrons. The second-order valence-corrected chi connectivity index (χ2v) is 8.04. The molecule has 2 aromatic carbocycles. The molecular formula is C24H25FN4O5S. The zero-order chi connectivity index (χ0) is 25.5. The van der Waals surface area contributed by atoms with Gasteiger partial charge < -0.3 is 20.3 Å². The molecule has 1 unspecified atom stereocenters. The van der Waals surface area contributed by atoms with Crippen LogP contribution >= 0.6 is 12.2 Å². The lowest BCUT2D eigenvalue weighted by atomic mass is 10.1. The van der Waals surface area contributed by atoms with E-state index in [4.69, 9.17) is 17.0 Å². The van der Waals surface area contributed by atoms with Crippen molar-refractivity contribution in [1.82, 2.24) is 10.2 Å². The molecule has 1 aliphatic rings. The minimum atomic E-state index is -0.917. The molecule has 0 saturated carbocycles. The number of thiocarbonyl (C=S) groups is 1. The van der Waals surface area contributed by atoms with E-state index in [1.807, 2.05) is 0 Å². The van der Waals surface area contributed by atoms with Crippen LogP contribution in [0.5, 0.6) is 0 Å². The van der Waals surface area contributed by atoms with Crippen LogP contribution in [-0.4, -0.2) is 59.4 Å². The van der Waals surface area contributed by atoms with Crippen molar-refractivity contribution >= 4 is 52.4 Å². The van der Waals surface area contributed by atoms with E-state index in [2.05, 4.69) is 10.6 Å². The molecule has 3 rings (SSSR count). The Morgan fingerprint density at radius 2 is 1.74 bits per heavy atom. The number of amides is 3. The molecule has 0 aromatic heterocycles. The van der Waals surface area contributed by atoms with Gasteiger partial charge in [-0.25, -0.2) is 9.18 Å². The van der Waals surface area contributed by atoms with Crippen molar-refractivity contribution in [2.24, 2.45) is 0 Å². The summed E-state index contributed by atoms with van der Waals surface area (Å²) in [6, 6.07) is 10.5. The molecule has 3 amide bonds. The SMILES string of the molecule is CCOC(=O)c1ccc(NC(=O)CC2C(=O)N(c3ccc(F)cc3)C(=S)N2CCNC(C)=O)cc1. The van der Waals surface area contributed by atoms with Crippen LogP contribution in [0.3, 0.4) is 0 Å². The molecule has 1 heterocycles. The normalized spacial score (nSPS) is 15.2. The summed E-state index contributed by atoms with van der Waals surface area (Å²) in [4.78, 5) is 52.0. The fourth-order valence-electron chi connectivity index (χ4n) is 3.56. The second kappa shape index (κ2) is 11.5. The van der Waals surface area contributed by atoms with Gasteiger partial charge in [0, 0.05) is 25.7 Å². The molecule has 9 nitrogen and oxygen atoms in total. The monoisotopic (exact) mass is 500 g/mol. The number of rotatable bonds is 9. The summed E-state index contributed by atoms with van der Waals surface area (Å²) < 4.78 is 18.3. The molecule has 1 saturated heterocycles. The molecule has 1 atom stereocenters. The number of anilines is 2. The van der Waals surface area contributed by atoms with E-state index in [0.29, 0.717) is 16.9 Å². The van der Waals surface area contributed by atoms with E-state index in [1.165, 1.54) is 48.2 Å². The summed E-state index contributed by atoms with van der Waals surface area (Å²) in [7, 11) is 0. The number of hydrogen-bond acceptors (Lipinski definition) is 6. The van der Waals surface area contributed by atoms with Crippen molar-refractivity contribution in [2.45, 2.75) is 26.3 Å². The van der Waals surface area contributed by atoms with Gasteiger partial charge >= 0.3 is 5.97 Å². The predicted molar refractivity (Wildman–Crippen MR) is 131 cm³/mol. The minimum Gasteiger partial charge on any atom is -0.462 e. The number of carbonyl (C=O) groups excluding carboxylic acids is 4. The zero-order valence-corrected chi connectivity index (χ0v) is 20.1. The van der Waals surface area contributed by atoms with Crippen LogP contribution in [0.2, 0.25) is 0 Å². The molecule has 35 heavy (non-hydrogen) atoms. The van der Waals surface area contributed by atoms with Gasteiger partial charge in [-0.1, -0.05) is 0 Å². The maximum absolute atomic E-state index is 13.4. The summed E-state index contributed by atoms with van der Waals surface area (Å²) in [5.74, 6) is -2.04. The predicted octanol–water partition coefficient (Wildman–Crippen LogP) is 2.47. The standard InChI is InChI=1S/C24H25FN4O5S/c1-3-34-23(33)16-4-8-18(9-5-16)27-21(31)14-20-22(32)29(19-10-6-17(25)7-11-19)24(35)28(20)13-12-26-15(2)30/h4-11,20H,3,12-14H2,1-2H3,(H,26,30)(H,27,31). The maximum atomic E-state index is 13.4. The highest BCUT2D eigenvalue weighted by Crippen LogP contribution is 2.27. The summed E-state index contributed by atoms with van der Waals surface area (Å²) in [6.45, 7) is 3.75. The maximum Gasteiger partial charge on any atom is 0.338 e. The lowest BCUT2D eigenvalue weighted by Crippen LogP contribution is -2.42. The number of ether oxygens (including phenoxy) is 1. The van der Waals surface area contributed by atoms with Crippen molar-refractivity contribution in [1.29, 1.82) is 0 Å². The van der Waals surface area contributed by atoms with Crippen molar-refractivity contribution in [3.63, 3.8) is 0 Å². The average molecular weight is 501 g/mol. The fourth-order valence-corrected chi connectivity index (χ4v) is 3.97. The van der Waals surface area contributed by atoms with Gasteiger partial charge in [0.15, 0.2) is 5.11 Å². The smallest absolute Gasteiger partial charge is 0.338 e. The Labute approximate surface area is 207 Å². The number of hydrogen-bond donors (Lipinski definition) is 2. The van der Waals surface area contributed by atoms with Crippen LogP contribution in [0, 0.1) is 5.82 Å². The molecule has 2 aromatic rings. The summed E-state index contributed by atoms with van der Waals surface area (Å²) in [6.07, 6.45) is -0.212. The van der Waals surface area contributed by atoms with E-state index in [1.54, 1.807) is 24.0 Å². The Kier molecular flexibility index (Phi) is 8.48. The van der Waals surface area contributed by atoms with Gasteiger partial charge in [0.05, 0.1) is 24.3 Å². The molecule has 0 bridgehead atoms. The van der Waals surface area contributed by atoms with Crippen LogP contribution < -0.4 is 15.5 Å². The average Bonchev–Trinajstić information content (AvgIpc) is 3.04. The number of nitrogens with one attached hydrogen (secondary N) is 2. The topological polar surface area (TPSA) is 108 Å². The number of benzene rings is 2. The fraction of sp³-hybridized carbons (Fsp3) is 0.292. The van der Waals surface area contributed by atoms with Crippen LogP contribution in [-0.2, 0) is 19.1 Å². The molecule has 2 N–H and O–H groups in total. The Hall–Kier alpha value is -3.86. The number of nitrogens with zero attached hydrogens (tertiary/aromatic N) is 2. The number of carbonyl (C=O) groups is 4. The molecule has 0 spiro atoms. The van der Waals surface area contributed by atoms with Crippen molar-refractivity contribution in [3.05, 3.63) is 59.9 Å². The third-order valence-corrected chi connectivity index (χ3v) is 5.61. The van der Waals surface area contributed by atoms with Gasteiger partial charge in [-0.05, 0) is 67.7 Å². The Bertz CT molecular complexity index is 1120. The van der Waals surface area contributed by atoms with Gasteiger partial charge in [-0.2, -0.15) is 0 Å². The van der Waals surface area contributed by atoms with Crippen molar-refractivity contribution in [2.75, 3.05) is 29.9 Å². The van der Waals surface area contributed by atoms with Gasteiger partial charge in [0.25, 0.3) is 5.91 Å². The second-order valence-electron chi connectivity index (χ2n) is 7.67.